The fourth-order valence-corrected chi connectivity index (χ4v) is 15.0. The summed E-state index contributed by atoms with van der Waals surface area (Å²) in [5, 5.41) is 12.1. The van der Waals surface area contributed by atoms with Crippen molar-refractivity contribution in [3.05, 3.63) is 229 Å². The minimum absolute atomic E-state index is 0.385. The van der Waals surface area contributed by atoms with Crippen molar-refractivity contribution < 1.29 is 8.83 Å². The highest BCUT2D eigenvalue weighted by molar-refractivity contribution is 6.25. The molecule has 79 heavy (non-hydrogen) atoms. The monoisotopic (exact) mass is 1020 g/mol. The Morgan fingerprint density at radius 2 is 0.823 bits per heavy atom. The van der Waals surface area contributed by atoms with Crippen LogP contribution in [0.15, 0.2) is 215 Å². The summed E-state index contributed by atoms with van der Waals surface area (Å²) in [4.78, 5) is 4.95. The molecule has 16 rings (SSSR count). The molecular weight excluding hydrogens is 961 g/mol. The average Bonchev–Trinajstić information content (AvgIpc) is 4.37. The number of anilines is 6. The first-order chi connectivity index (χ1) is 39.0. The van der Waals surface area contributed by atoms with Crippen LogP contribution in [0.5, 0.6) is 0 Å². The molecule has 4 nitrogen and oxygen atoms in total. The van der Waals surface area contributed by atoms with Crippen molar-refractivity contribution in [2.75, 3.05) is 9.80 Å². The number of hydrogen-bond acceptors (Lipinski definition) is 4. The second-order valence-electron chi connectivity index (χ2n) is 23.5. The summed E-state index contributed by atoms with van der Waals surface area (Å²) in [5.74, 6) is 1.01. The molecule has 4 heteroatoms. The van der Waals surface area contributed by atoms with E-state index < -0.39 is 0 Å². The third-order valence-corrected chi connectivity index (χ3v) is 18.7. The number of para-hydroxylation sites is 4. The smallest absolute Gasteiger partial charge is 0.160 e. The molecule has 0 amide bonds. The number of rotatable bonds is 8. The number of benzene rings is 11. The maximum atomic E-state index is 7.45. The molecule has 2 aromatic heterocycles. The number of furan rings is 2. The van der Waals surface area contributed by atoms with E-state index in [4.69, 9.17) is 8.83 Å². The van der Waals surface area contributed by atoms with E-state index in [1.54, 1.807) is 0 Å². The van der Waals surface area contributed by atoms with E-state index >= 15 is 0 Å². The molecule has 0 atom stereocenters. The standard InChI is InChI=1S/C75H62N2O2/c1-75(2)63-45-53(76(51-29-11-5-12-30-51)66-43-49-27-15-17-33-54(49)69-61-39-21-37-56(71(61)78-73(66)69)47-23-7-3-8-24-47)41-42-60(63)68-59-36-20-19-35-58(59)65(46-64(68)75)77(52-31-13-6-14-32-52)67-44-50-28-16-18-34-55(50)70-62-40-22-38-57(72(62)79-74(67)70)48-25-9-4-10-26-48/h5-6,11-22,27-48H,3-4,7-10,23-26H2,1-2H3. The van der Waals surface area contributed by atoms with Crippen molar-refractivity contribution in [2.45, 2.75) is 95.3 Å². The van der Waals surface area contributed by atoms with Crippen molar-refractivity contribution in [1.82, 2.24) is 0 Å². The van der Waals surface area contributed by atoms with Crippen LogP contribution in [-0.4, -0.2) is 0 Å². The number of nitrogens with zero attached hydrogens (tertiary/aromatic N) is 2. The largest absolute Gasteiger partial charge is 0.454 e. The molecule has 0 radical (unpaired) electrons. The molecule has 2 saturated carbocycles. The molecule has 13 aromatic rings. The Bertz CT molecular complexity index is 4550. The highest BCUT2D eigenvalue weighted by Gasteiger charge is 2.39. The van der Waals surface area contributed by atoms with E-state index in [9.17, 15) is 0 Å². The van der Waals surface area contributed by atoms with Gasteiger partial charge >= 0.3 is 0 Å². The van der Waals surface area contributed by atoms with Crippen molar-refractivity contribution in [3.63, 3.8) is 0 Å². The van der Waals surface area contributed by atoms with Gasteiger partial charge in [0.25, 0.3) is 0 Å². The summed E-state index contributed by atoms with van der Waals surface area (Å²) < 4.78 is 14.8. The first kappa shape index (κ1) is 46.5. The Morgan fingerprint density at radius 1 is 0.354 bits per heavy atom. The van der Waals surface area contributed by atoms with E-state index in [1.807, 2.05) is 0 Å². The van der Waals surface area contributed by atoms with Gasteiger partial charge in [-0.05, 0) is 152 Å². The molecule has 11 aromatic carbocycles. The lowest BCUT2D eigenvalue weighted by molar-refractivity contribution is 0.442. The van der Waals surface area contributed by atoms with Gasteiger partial charge < -0.3 is 18.6 Å². The first-order valence-electron chi connectivity index (χ1n) is 29.1. The van der Waals surface area contributed by atoms with Crippen molar-refractivity contribution in [2.24, 2.45) is 0 Å². The van der Waals surface area contributed by atoms with Crippen LogP contribution in [-0.2, 0) is 5.41 Å². The van der Waals surface area contributed by atoms with Crippen LogP contribution in [0.2, 0.25) is 0 Å². The van der Waals surface area contributed by atoms with E-state index in [0.29, 0.717) is 11.8 Å². The SMILES string of the molecule is CC1(C)c2cc(N(c3ccccc3)c3cc4ccccc4c4c3oc3c(C5CCCCC5)cccc34)ccc2-c2c1cc(N(c1ccccc1)c1cc3ccccc3c3c1oc1c(C4CCCCC4)cccc13)c1ccccc21. The van der Waals surface area contributed by atoms with Gasteiger partial charge in [0.1, 0.15) is 11.2 Å². The summed E-state index contributed by atoms with van der Waals surface area (Å²) in [7, 11) is 0. The summed E-state index contributed by atoms with van der Waals surface area (Å²) >= 11 is 0. The van der Waals surface area contributed by atoms with Crippen LogP contribution < -0.4 is 9.80 Å². The van der Waals surface area contributed by atoms with Gasteiger partial charge in [-0.15, -0.1) is 0 Å². The molecule has 3 aliphatic rings. The van der Waals surface area contributed by atoms with E-state index in [-0.39, 0.29) is 5.41 Å². The molecule has 0 N–H and O–H groups in total. The lowest BCUT2D eigenvalue weighted by Crippen LogP contribution is -2.18. The van der Waals surface area contributed by atoms with E-state index in [0.717, 1.165) is 56.5 Å². The molecule has 0 aliphatic heterocycles. The maximum absolute atomic E-state index is 7.45. The zero-order chi connectivity index (χ0) is 52.3. The molecule has 0 unspecified atom stereocenters. The zero-order valence-electron chi connectivity index (χ0n) is 45.1. The number of fused-ring (bicyclic) bond motifs is 15. The first-order valence-corrected chi connectivity index (χ1v) is 29.1. The van der Waals surface area contributed by atoms with Crippen molar-refractivity contribution in [3.8, 4) is 11.1 Å². The molecule has 3 aliphatic carbocycles. The van der Waals surface area contributed by atoms with Gasteiger partial charge in [-0.2, -0.15) is 0 Å². The minimum Gasteiger partial charge on any atom is -0.454 e. The molecule has 384 valence electrons. The van der Waals surface area contributed by atoms with E-state index in [1.165, 1.54) is 151 Å². The normalized spacial score (nSPS) is 15.7. The van der Waals surface area contributed by atoms with Gasteiger partial charge in [-0.3, -0.25) is 0 Å². The summed E-state index contributed by atoms with van der Waals surface area (Å²) in [5.41, 5.74) is 17.9. The van der Waals surface area contributed by atoms with Crippen LogP contribution in [0.3, 0.4) is 0 Å². The third-order valence-electron chi connectivity index (χ3n) is 18.7. The van der Waals surface area contributed by atoms with Crippen LogP contribution in [0, 0.1) is 0 Å². The third kappa shape index (κ3) is 7.19. The van der Waals surface area contributed by atoms with Gasteiger partial charge in [0, 0.05) is 49.4 Å². The maximum Gasteiger partial charge on any atom is 0.160 e. The molecular formula is C75H62N2O2. The Morgan fingerprint density at radius 3 is 1.38 bits per heavy atom. The van der Waals surface area contributed by atoms with Crippen LogP contribution in [0.4, 0.5) is 34.1 Å². The zero-order valence-corrected chi connectivity index (χ0v) is 45.1. The summed E-state index contributed by atoms with van der Waals surface area (Å²) in [6, 6.07) is 77.0. The second-order valence-corrected chi connectivity index (χ2v) is 23.5. The number of hydrogen-bond donors (Lipinski definition) is 0. The topological polar surface area (TPSA) is 32.8 Å². The van der Waals surface area contributed by atoms with Crippen LogP contribution >= 0.6 is 0 Å². The van der Waals surface area contributed by atoms with Crippen molar-refractivity contribution in [1.29, 1.82) is 0 Å². The Balaban J connectivity index is 0.904. The Labute approximate surface area is 461 Å². The lowest BCUT2D eigenvalue weighted by atomic mass is 9.81. The van der Waals surface area contributed by atoms with Crippen LogP contribution in [0.25, 0.3) is 87.3 Å². The molecule has 2 fully saturated rings. The lowest BCUT2D eigenvalue weighted by Gasteiger charge is -2.30. The summed E-state index contributed by atoms with van der Waals surface area (Å²) in [6.07, 6.45) is 12.6. The van der Waals surface area contributed by atoms with Gasteiger partial charge in [0.05, 0.1) is 17.1 Å². The Hall–Kier alpha value is -8.60. The molecule has 0 spiro atoms. The summed E-state index contributed by atoms with van der Waals surface area (Å²) in [6.45, 7) is 4.86. The van der Waals surface area contributed by atoms with Gasteiger partial charge in [0.2, 0.25) is 0 Å². The van der Waals surface area contributed by atoms with Gasteiger partial charge in [-0.25, -0.2) is 0 Å². The molecule has 0 saturated heterocycles. The second kappa shape index (κ2) is 18.2. The predicted molar refractivity (Wildman–Crippen MR) is 332 cm³/mol. The quantitative estimate of drug-likeness (QED) is 0.152. The molecule has 2 heterocycles. The molecule has 0 bridgehead atoms. The van der Waals surface area contributed by atoms with E-state index in [2.05, 4.69) is 230 Å². The van der Waals surface area contributed by atoms with Gasteiger partial charge in [-0.1, -0.05) is 204 Å². The van der Waals surface area contributed by atoms with Crippen molar-refractivity contribution >= 4 is 110 Å². The fraction of sp³-hybridized carbons (Fsp3) is 0.200. The Kier molecular flexibility index (Phi) is 10.7. The highest BCUT2D eigenvalue weighted by Crippen LogP contribution is 2.58. The highest BCUT2D eigenvalue weighted by atomic mass is 16.3. The fourth-order valence-electron chi connectivity index (χ4n) is 15.0. The van der Waals surface area contributed by atoms with Gasteiger partial charge in [0.15, 0.2) is 11.2 Å². The minimum atomic E-state index is -0.385. The average molecular weight is 1020 g/mol. The predicted octanol–water partition coefficient (Wildman–Crippen LogP) is 22.3. The van der Waals surface area contributed by atoms with Crippen LogP contribution in [0.1, 0.15) is 112 Å².